The number of nitrogens with one attached hydrogen (secondary N) is 2. The number of hydrogen-bond acceptors (Lipinski definition) is 3. The molecular weight excluding hydrogens is 463 g/mol. The van der Waals surface area contributed by atoms with Crippen molar-refractivity contribution in [2.24, 2.45) is 12.0 Å². The molecule has 28 heavy (non-hydrogen) atoms. The van der Waals surface area contributed by atoms with Crippen molar-refractivity contribution in [3.63, 3.8) is 0 Å². The van der Waals surface area contributed by atoms with Crippen LogP contribution in [0.5, 0.6) is 0 Å². The first kappa shape index (κ1) is 22.7. The van der Waals surface area contributed by atoms with Crippen LogP contribution in [0.15, 0.2) is 41.5 Å². The van der Waals surface area contributed by atoms with Gasteiger partial charge in [-0.1, -0.05) is 30.7 Å². The van der Waals surface area contributed by atoms with Gasteiger partial charge in [0.1, 0.15) is 0 Å². The molecule has 0 bridgehead atoms. The van der Waals surface area contributed by atoms with Crippen molar-refractivity contribution in [3.8, 4) is 0 Å². The van der Waals surface area contributed by atoms with E-state index in [-0.39, 0.29) is 24.0 Å². The lowest BCUT2D eigenvalue weighted by Crippen LogP contribution is -2.37. The van der Waals surface area contributed by atoms with Crippen LogP contribution < -0.4 is 10.6 Å². The summed E-state index contributed by atoms with van der Waals surface area (Å²) in [6.45, 7) is 6.09. The van der Waals surface area contributed by atoms with Gasteiger partial charge in [-0.3, -0.25) is 14.6 Å². The maximum Gasteiger partial charge on any atom is 0.191 e. The third-order valence-electron chi connectivity index (χ3n) is 5.39. The van der Waals surface area contributed by atoms with Gasteiger partial charge in [-0.25, -0.2) is 0 Å². The summed E-state index contributed by atoms with van der Waals surface area (Å²) in [6, 6.07) is 11.6. The van der Waals surface area contributed by atoms with Crippen LogP contribution in [0.2, 0.25) is 0 Å². The Balaban J connectivity index is 0.00000280. The zero-order valence-electron chi connectivity index (χ0n) is 17.2. The molecule has 3 rings (SSSR count). The fourth-order valence-electron chi connectivity index (χ4n) is 3.54. The van der Waals surface area contributed by atoms with Gasteiger partial charge in [0.05, 0.1) is 12.2 Å². The molecule has 1 atom stereocenters. The van der Waals surface area contributed by atoms with Crippen LogP contribution in [-0.2, 0) is 26.7 Å². The molecule has 0 aliphatic carbocycles. The smallest absolute Gasteiger partial charge is 0.191 e. The highest BCUT2D eigenvalue weighted by Crippen LogP contribution is 2.19. The minimum absolute atomic E-state index is 0. The minimum Gasteiger partial charge on any atom is -0.352 e. The highest BCUT2D eigenvalue weighted by molar-refractivity contribution is 14.0. The Hall–Kier alpha value is -1.61. The van der Waals surface area contributed by atoms with Crippen LogP contribution in [0.4, 0.5) is 0 Å². The monoisotopic (exact) mass is 496 g/mol. The van der Waals surface area contributed by atoms with E-state index in [1.165, 1.54) is 36.9 Å². The van der Waals surface area contributed by atoms with Crippen LogP contribution in [0.1, 0.15) is 43.0 Å². The van der Waals surface area contributed by atoms with E-state index in [9.17, 15) is 0 Å². The second-order valence-corrected chi connectivity index (χ2v) is 7.36. The first-order valence-electron chi connectivity index (χ1n) is 9.89. The van der Waals surface area contributed by atoms with Gasteiger partial charge in [-0.2, -0.15) is 5.10 Å². The molecule has 0 saturated carbocycles. The third kappa shape index (κ3) is 6.48. The summed E-state index contributed by atoms with van der Waals surface area (Å²) in [5.41, 5.74) is 3.77. The Bertz CT molecular complexity index is 740. The number of benzene rings is 1. The van der Waals surface area contributed by atoms with Crippen molar-refractivity contribution in [1.29, 1.82) is 0 Å². The molecule has 154 valence electrons. The SMILES string of the molecule is CN=C(NCc1ccc(CN2CCCCC2C)cc1)NCc1ccnn1C.I. The molecular formula is C21H33IN6. The fraction of sp³-hybridized carbons (Fsp3) is 0.524. The fourth-order valence-corrected chi connectivity index (χ4v) is 3.54. The highest BCUT2D eigenvalue weighted by Gasteiger charge is 2.17. The molecule has 6 nitrogen and oxygen atoms in total. The van der Waals surface area contributed by atoms with Crippen molar-refractivity contribution in [1.82, 2.24) is 25.3 Å². The van der Waals surface area contributed by atoms with Crippen LogP contribution in [-0.4, -0.2) is 40.3 Å². The number of guanidine groups is 1. The van der Waals surface area contributed by atoms with E-state index in [4.69, 9.17) is 0 Å². The second-order valence-electron chi connectivity index (χ2n) is 7.36. The van der Waals surface area contributed by atoms with Gasteiger partial charge in [0.2, 0.25) is 0 Å². The molecule has 7 heteroatoms. The van der Waals surface area contributed by atoms with Crippen molar-refractivity contribution in [3.05, 3.63) is 53.3 Å². The molecule has 1 unspecified atom stereocenters. The molecule has 1 aliphatic heterocycles. The van der Waals surface area contributed by atoms with E-state index in [0.29, 0.717) is 12.6 Å². The van der Waals surface area contributed by atoms with Crippen LogP contribution in [0.25, 0.3) is 0 Å². The van der Waals surface area contributed by atoms with Crippen molar-refractivity contribution >= 4 is 29.9 Å². The van der Waals surface area contributed by atoms with E-state index in [1.54, 1.807) is 13.2 Å². The van der Waals surface area contributed by atoms with E-state index in [2.05, 4.69) is 56.8 Å². The Labute approximate surface area is 185 Å². The third-order valence-corrected chi connectivity index (χ3v) is 5.39. The molecule has 0 amide bonds. The molecule has 1 aliphatic rings. The molecule has 2 aromatic rings. The Morgan fingerprint density at radius 2 is 1.82 bits per heavy atom. The predicted octanol–water partition coefficient (Wildman–Crippen LogP) is 3.28. The predicted molar refractivity (Wildman–Crippen MR) is 126 cm³/mol. The zero-order chi connectivity index (χ0) is 19.1. The summed E-state index contributed by atoms with van der Waals surface area (Å²) in [4.78, 5) is 6.89. The summed E-state index contributed by atoms with van der Waals surface area (Å²) < 4.78 is 1.86. The number of aromatic nitrogens is 2. The van der Waals surface area contributed by atoms with Crippen molar-refractivity contribution in [2.45, 2.75) is 51.9 Å². The van der Waals surface area contributed by atoms with Gasteiger partial charge in [0.15, 0.2) is 5.96 Å². The largest absolute Gasteiger partial charge is 0.352 e. The molecule has 1 saturated heterocycles. The second kappa shape index (κ2) is 11.4. The van der Waals surface area contributed by atoms with Crippen LogP contribution >= 0.6 is 24.0 Å². The Kier molecular flexibility index (Phi) is 9.24. The van der Waals surface area contributed by atoms with E-state index in [0.717, 1.165) is 24.7 Å². The van der Waals surface area contributed by atoms with Crippen molar-refractivity contribution < 1.29 is 0 Å². The molecule has 2 N–H and O–H groups in total. The lowest BCUT2D eigenvalue weighted by molar-refractivity contribution is 0.152. The number of nitrogens with zero attached hydrogens (tertiary/aromatic N) is 4. The molecule has 1 aromatic carbocycles. The minimum atomic E-state index is 0. The van der Waals surface area contributed by atoms with E-state index < -0.39 is 0 Å². The van der Waals surface area contributed by atoms with Gasteiger partial charge in [-0.05, 0) is 43.5 Å². The van der Waals surface area contributed by atoms with Gasteiger partial charge in [-0.15, -0.1) is 24.0 Å². The highest BCUT2D eigenvalue weighted by atomic mass is 127. The van der Waals surface area contributed by atoms with Gasteiger partial charge in [0, 0.05) is 39.4 Å². The standard InChI is InChI=1S/C21H32N6.HI/c1-17-6-4-5-13-27(17)16-19-9-7-18(8-10-19)14-23-21(22-2)24-15-20-11-12-25-26(20)3;/h7-12,17H,4-6,13-16H2,1-3H3,(H2,22,23,24);1H. The number of aliphatic imine (C=N–C) groups is 1. The number of hydrogen-bond donors (Lipinski definition) is 2. The molecule has 2 heterocycles. The first-order chi connectivity index (χ1) is 13.2. The lowest BCUT2D eigenvalue weighted by atomic mass is 10.0. The normalized spacial score (nSPS) is 17.8. The molecule has 0 radical (unpaired) electrons. The first-order valence-corrected chi connectivity index (χ1v) is 9.89. The molecule has 1 fully saturated rings. The van der Waals surface area contributed by atoms with E-state index in [1.807, 2.05) is 17.8 Å². The van der Waals surface area contributed by atoms with Crippen molar-refractivity contribution in [2.75, 3.05) is 13.6 Å². The summed E-state index contributed by atoms with van der Waals surface area (Å²) in [5.74, 6) is 0.794. The average molecular weight is 496 g/mol. The topological polar surface area (TPSA) is 57.5 Å². The van der Waals surface area contributed by atoms with E-state index >= 15 is 0 Å². The average Bonchev–Trinajstić information content (AvgIpc) is 3.10. The molecule has 0 spiro atoms. The summed E-state index contributed by atoms with van der Waals surface area (Å²) in [6.07, 6.45) is 5.84. The lowest BCUT2D eigenvalue weighted by Gasteiger charge is -2.33. The summed E-state index contributed by atoms with van der Waals surface area (Å²) >= 11 is 0. The Morgan fingerprint density at radius 3 is 2.46 bits per heavy atom. The zero-order valence-corrected chi connectivity index (χ0v) is 19.5. The van der Waals surface area contributed by atoms with Gasteiger partial charge in [0.25, 0.3) is 0 Å². The van der Waals surface area contributed by atoms with Crippen LogP contribution in [0.3, 0.4) is 0 Å². The number of rotatable bonds is 6. The van der Waals surface area contributed by atoms with Gasteiger partial charge >= 0.3 is 0 Å². The summed E-state index contributed by atoms with van der Waals surface area (Å²) in [7, 11) is 3.74. The Morgan fingerprint density at radius 1 is 1.11 bits per heavy atom. The quantitative estimate of drug-likeness (QED) is 0.366. The van der Waals surface area contributed by atoms with Gasteiger partial charge < -0.3 is 10.6 Å². The number of likely N-dealkylation sites (tertiary alicyclic amines) is 1. The molecule has 1 aromatic heterocycles. The number of aryl methyl sites for hydroxylation is 1. The maximum absolute atomic E-state index is 4.29. The van der Waals surface area contributed by atoms with Crippen LogP contribution in [0, 0.1) is 0 Å². The summed E-state index contributed by atoms with van der Waals surface area (Å²) in [5, 5.41) is 10.9. The number of piperidine rings is 1. The maximum atomic E-state index is 4.29. The number of halogens is 1.